The van der Waals surface area contributed by atoms with Gasteiger partial charge in [-0.1, -0.05) is 29.3 Å². The van der Waals surface area contributed by atoms with Crippen molar-refractivity contribution in [3.05, 3.63) is 61.2 Å². The molecule has 4 nitrogen and oxygen atoms in total. The molecule has 0 fully saturated rings. The van der Waals surface area contributed by atoms with E-state index in [-0.39, 0.29) is 5.56 Å². The van der Waals surface area contributed by atoms with E-state index in [9.17, 15) is 4.79 Å². The number of aromatic amines is 1. The SMILES string of the molecule is Cc1nc2c(c(=O)[nH]1)CN(Cc1ccc(Cl)c(Cl)c1)CC2. The molecule has 0 aliphatic carbocycles. The maximum Gasteiger partial charge on any atom is 0.255 e. The van der Waals surface area contributed by atoms with Crippen LogP contribution in [0.15, 0.2) is 23.0 Å². The Morgan fingerprint density at radius 1 is 1.33 bits per heavy atom. The molecule has 0 radical (unpaired) electrons. The van der Waals surface area contributed by atoms with Crippen molar-refractivity contribution in [2.24, 2.45) is 0 Å². The van der Waals surface area contributed by atoms with Gasteiger partial charge in [0.15, 0.2) is 0 Å². The number of hydrogen-bond acceptors (Lipinski definition) is 3. The fourth-order valence-corrected chi connectivity index (χ4v) is 2.96. The summed E-state index contributed by atoms with van der Waals surface area (Å²) in [5.74, 6) is 0.677. The molecule has 0 atom stereocenters. The number of fused-ring (bicyclic) bond motifs is 1. The van der Waals surface area contributed by atoms with Crippen molar-refractivity contribution in [3.8, 4) is 0 Å². The summed E-state index contributed by atoms with van der Waals surface area (Å²) in [5.41, 5.74) is 2.74. The molecular weight excluding hydrogens is 309 g/mol. The first-order valence-corrected chi connectivity index (χ1v) is 7.53. The van der Waals surface area contributed by atoms with Crippen molar-refractivity contribution < 1.29 is 0 Å². The third-order valence-corrected chi connectivity index (χ3v) is 4.40. The summed E-state index contributed by atoms with van der Waals surface area (Å²) in [6, 6.07) is 5.63. The zero-order valence-corrected chi connectivity index (χ0v) is 13.1. The molecule has 0 spiro atoms. The van der Waals surface area contributed by atoms with Gasteiger partial charge in [-0.2, -0.15) is 0 Å². The van der Waals surface area contributed by atoms with Crippen LogP contribution in [0.5, 0.6) is 0 Å². The lowest BCUT2D eigenvalue weighted by molar-refractivity contribution is 0.241. The molecule has 0 saturated carbocycles. The van der Waals surface area contributed by atoms with E-state index in [0.29, 0.717) is 22.4 Å². The fraction of sp³-hybridized carbons (Fsp3) is 0.333. The molecule has 2 heterocycles. The summed E-state index contributed by atoms with van der Waals surface area (Å²) >= 11 is 12.0. The van der Waals surface area contributed by atoms with Gasteiger partial charge in [-0.25, -0.2) is 4.98 Å². The lowest BCUT2D eigenvalue weighted by Gasteiger charge is -2.27. The Bertz CT molecular complexity index is 742. The minimum absolute atomic E-state index is 0.0312. The van der Waals surface area contributed by atoms with Gasteiger partial charge in [0.05, 0.1) is 21.3 Å². The predicted molar refractivity (Wildman–Crippen MR) is 83.9 cm³/mol. The fourth-order valence-electron chi connectivity index (χ4n) is 2.64. The zero-order chi connectivity index (χ0) is 15.0. The van der Waals surface area contributed by atoms with Crippen LogP contribution >= 0.6 is 23.2 Å². The van der Waals surface area contributed by atoms with Crippen LogP contribution in [-0.4, -0.2) is 21.4 Å². The monoisotopic (exact) mass is 323 g/mol. The van der Waals surface area contributed by atoms with Crippen LogP contribution in [0.2, 0.25) is 10.0 Å². The van der Waals surface area contributed by atoms with Crippen LogP contribution in [0.3, 0.4) is 0 Å². The van der Waals surface area contributed by atoms with Crippen molar-refractivity contribution in [3.63, 3.8) is 0 Å². The van der Waals surface area contributed by atoms with Gasteiger partial charge in [-0.3, -0.25) is 9.69 Å². The highest BCUT2D eigenvalue weighted by atomic mass is 35.5. The van der Waals surface area contributed by atoms with E-state index >= 15 is 0 Å². The van der Waals surface area contributed by atoms with E-state index in [2.05, 4.69) is 14.9 Å². The molecule has 110 valence electrons. The third kappa shape index (κ3) is 3.12. The summed E-state index contributed by atoms with van der Waals surface area (Å²) in [4.78, 5) is 21.4. The Kier molecular flexibility index (Phi) is 4.02. The standard InChI is InChI=1S/C15H15Cl2N3O/c1-9-18-14-4-5-20(8-11(14)15(21)19-9)7-10-2-3-12(16)13(17)6-10/h2-3,6H,4-5,7-8H2,1H3,(H,18,19,21). The van der Waals surface area contributed by atoms with Crippen molar-refractivity contribution in [2.45, 2.75) is 26.4 Å². The Morgan fingerprint density at radius 2 is 2.14 bits per heavy atom. The van der Waals surface area contributed by atoms with Gasteiger partial charge in [0.1, 0.15) is 5.82 Å². The van der Waals surface area contributed by atoms with Gasteiger partial charge >= 0.3 is 0 Å². The average Bonchev–Trinajstić information content (AvgIpc) is 2.43. The van der Waals surface area contributed by atoms with Crippen LogP contribution in [0.4, 0.5) is 0 Å². The quantitative estimate of drug-likeness (QED) is 0.924. The lowest BCUT2D eigenvalue weighted by Crippen LogP contribution is -2.35. The van der Waals surface area contributed by atoms with Gasteiger partial charge in [0.2, 0.25) is 0 Å². The van der Waals surface area contributed by atoms with Crippen LogP contribution in [0.25, 0.3) is 0 Å². The highest BCUT2D eigenvalue weighted by Gasteiger charge is 2.20. The van der Waals surface area contributed by atoms with Crippen LogP contribution in [-0.2, 0) is 19.5 Å². The maximum absolute atomic E-state index is 12.0. The second kappa shape index (κ2) is 5.79. The predicted octanol–water partition coefficient (Wildman–Crippen LogP) is 2.94. The smallest absolute Gasteiger partial charge is 0.255 e. The van der Waals surface area contributed by atoms with Crippen molar-refractivity contribution in [1.29, 1.82) is 0 Å². The normalized spacial score (nSPS) is 15.0. The number of rotatable bonds is 2. The molecule has 0 amide bonds. The van der Waals surface area contributed by atoms with Crippen molar-refractivity contribution in [2.75, 3.05) is 6.54 Å². The molecular formula is C15H15Cl2N3O. The van der Waals surface area contributed by atoms with Crippen molar-refractivity contribution >= 4 is 23.2 Å². The first kappa shape index (κ1) is 14.6. The minimum atomic E-state index is -0.0312. The molecule has 0 saturated heterocycles. The third-order valence-electron chi connectivity index (χ3n) is 3.66. The highest BCUT2D eigenvalue weighted by molar-refractivity contribution is 6.42. The molecule has 0 unspecified atom stereocenters. The molecule has 1 aliphatic heterocycles. The average molecular weight is 324 g/mol. The number of aryl methyl sites for hydroxylation is 1. The Morgan fingerprint density at radius 3 is 2.90 bits per heavy atom. The molecule has 3 rings (SSSR count). The minimum Gasteiger partial charge on any atom is -0.310 e. The van der Waals surface area contributed by atoms with Crippen LogP contribution in [0.1, 0.15) is 22.6 Å². The molecule has 1 aliphatic rings. The van der Waals surface area contributed by atoms with Gasteiger partial charge in [-0.15, -0.1) is 0 Å². The molecule has 1 aromatic carbocycles. The van der Waals surface area contributed by atoms with E-state index in [1.165, 1.54) is 0 Å². The van der Waals surface area contributed by atoms with Gasteiger partial charge in [-0.05, 0) is 24.6 Å². The largest absolute Gasteiger partial charge is 0.310 e. The lowest BCUT2D eigenvalue weighted by atomic mass is 10.1. The summed E-state index contributed by atoms with van der Waals surface area (Å²) in [6.45, 7) is 4.04. The summed E-state index contributed by atoms with van der Waals surface area (Å²) < 4.78 is 0. The summed E-state index contributed by atoms with van der Waals surface area (Å²) in [6.07, 6.45) is 0.793. The molecule has 21 heavy (non-hydrogen) atoms. The number of nitrogens with zero attached hydrogens (tertiary/aromatic N) is 2. The van der Waals surface area contributed by atoms with Gasteiger partial charge < -0.3 is 4.98 Å². The number of H-pyrrole nitrogens is 1. The Hall–Kier alpha value is -1.36. The molecule has 1 aromatic heterocycles. The summed E-state index contributed by atoms with van der Waals surface area (Å²) in [7, 11) is 0. The van der Waals surface area contributed by atoms with E-state index < -0.39 is 0 Å². The first-order chi connectivity index (χ1) is 10.0. The Labute approximate surface area is 132 Å². The van der Waals surface area contributed by atoms with Crippen molar-refractivity contribution in [1.82, 2.24) is 14.9 Å². The van der Waals surface area contributed by atoms with Gasteiger partial charge in [0, 0.05) is 26.1 Å². The molecule has 6 heteroatoms. The number of nitrogens with one attached hydrogen (secondary N) is 1. The number of aromatic nitrogens is 2. The highest BCUT2D eigenvalue weighted by Crippen LogP contribution is 2.24. The van der Waals surface area contributed by atoms with Gasteiger partial charge in [0.25, 0.3) is 5.56 Å². The van der Waals surface area contributed by atoms with E-state index in [1.807, 2.05) is 19.1 Å². The van der Waals surface area contributed by atoms with E-state index in [0.717, 1.165) is 36.3 Å². The summed E-state index contributed by atoms with van der Waals surface area (Å²) in [5, 5.41) is 1.11. The second-order valence-electron chi connectivity index (χ2n) is 5.29. The number of halogens is 2. The molecule has 0 bridgehead atoms. The number of hydrogen-bond donors (Lipinski definition) is 1. The van der Waals surface area contributed by atoms with Crippen LogP contribution in [0, 0.1) is 6.92 Å². The van der Waals surface area contributed by atoms with Crippen LogP contribution < -0.4 is 5.56 Å². The molecule has 2 aromatic rings. The first-order valence-electron chi connectivity index (χ1n) is 6.78. The Balaban J connectivity index is 1.80. The second-order valence-corrected chi connectivity index (χ2v) is 6.10. The maximum atomic E-state index is 12.0. The van der Waals surface area contributed by atoms with E-state index in [1.54, 1.807) is 6.07 Å². The zero-order valence-electron chi connectivity index (χ0n) is 11.6. The molecule has 1 N–H and O–H groups in total. The number of benzene rings is 1. The van der Waals surface area contributed by atoms with E-state index in [4.69, 9.17) is 23.2 Å². The topological polar surface area (TPSA) is 49.0 Å².